The van der Waals surface area contributed by atoms with Crippen molar-refractivity contribution in [1.29, 1.82) is 0 Å². The molecule has 8 aromatic carbocycles. The average Bonchev–Trinajstić information content (AvgIpc) is 3.41. The molecule has 0 aromatic heterocycles. The molecule has 0 unspecified atom stereocenters. The Balaban J connectivity index is 0.000000237. The second-order valence-corrected chi connectivity index (χ2v) is 18.3. The molecule has 382 valence electrons. The Bertz CT molecular complexity index is 3040. The van der Waals surface area contributed by atoms with Crippen LogP contribution in [-0.2, 0) is 0 Å². The number of carbonyl (C=O) groups is 1. The molecule has 0 saturated heterocycles. The van der Waals surface area contributed by atoms with Crippen LogP contribution in [0.2, 0.25) is 0 Å². The van der Waals surface area contributed by atoms with Gasteiger partial charge in [-0.05, 0) is 54.6 Å². The van der Waals surface area contributed by atoms with Gasteiger partial charge in [-0.3, -0.25) is 0 Å². The highest BCUT2D eigenvalue weighted by Gasteiger charge is 2.53. The molecule has 0 amide bonds. The maximum absolute atomic E-state index is 15.4. The standard InChI is InChI=1S/C25H19O3P.C24BF20/c26-25(27)20-11-10-12-21(19-20)28-29(22-13-4-1-5-14-22,23-15-6-2-7-16-23)24-17-8-3-9-18-24;26-5-1(6(27)14(35)21(42)13(5)34)25(2-7(28)15(36)22(43)16(37)8(2)29,3-9(30)17(38)23(44)18(39)10(3)31)4-11(32)19(40)24(45)20(41)12(4)33/h1-19H;/q;-1/p+1. The minimum absolute atomic E-state index is 0.204. The van der Waals surface area contributed by atoms with Crippen LogP contribution in [0.3, 0.4) is 0 Å². The van der Waals surface area contributed by atoms with Gasteiger partial charge in [-0.25, -0.2) is 92.6 Å². The third-order valence-electron chi connectivity index (χ3n) is 11.4. The molecule has 0 spiro atoms. The summed E-state index contributed by atoms with van der Waals surface area (Å²) in [6, 6.07) is 37.2. The fourth-order valence-electron chi connectivity index (χ4n) is 8.24. The highest BCUT2D eigenvalue weighted by molar-refractivity contribution is 7.92. The molecule has 8 aromatic rings. The second-order valence-electron chi connectivity index (χ2n) is 15.3. The zero-order valence-electron chi connectivity index (χ0n) is 35.8. The second kappa shape index (κ2) is 20.6. The first-order valence-corrected chi connectivity index (χ1v) is 21.9. The molecule has 0 radical (unpaired) electrons. The Morgan fingerprint density at radius 1 is 0.324 bits per heavy atom. The molecular formula is C49H20BF20O3P. The van der Waals surface area contributed by atoms with E-state index >= 15 is 35.1 Å². The molecule has 0 aliphatic rings. The third-order valence-corrected chi connectivity index (χ3v) is 15.0. The summed E-state index contributed by atoms with van der Waals surface area (Å²) in [5.41, 5.74) is -14.1. The number of carboxylic acids is 1. The summed E-state index contributed by atoms with van der Waals surface area (Å²) in [6.07, 6.45) is -7.22. The van der Waals surface area contributed by atoms with Crippen LogP contribution in [-0.4, -0.2) is 17.2 Å². The average molecular weight is 1080 g/mol. The van der Waals surface area contributed by atoms with Gasteiger partial charge in [-0.15, -0.1) is 21.9 Å². The van der Waals surface area contributed by atoms with E-state index in [1.165, 1.54) is 0 Å². The third kappa shape index (κ3) is 8.53. The van der Waals surface area contributed by atoms with Gasteiger partial charge in [-0.1, -0.05) is 60.7 Å². The monoisotopic (exact) mass is 1080 g/mol. The fourth-order valence-corrected chi connectivity index (χ4v) is 11.7. The zero-order valence-corrected chi connectivity index (χ0v) is 36.7. The van der Waals surface area contributed by atoms with Crippen molar-refractivity contribution < 1.29 is 102 Å². The molecule has 0 heterocycles. The minimum atomic E-state index is -7.22. The zero-order chi connectivity index (χ0) is 54.5. The van der Waals surface area contributed by atoms with Crippen LogP contribution in [0.1, 0.15) is 10.4 Å². The summed E-state index contributed by atoms with van der Waals surface area (Å²) < 4.78 is 301. The van der Waals surface area contributed by atoms with E-state index in [4.69, 9.17) is 4.52 Å². The molecule has 25 heteroatoms. The van der Waals surface area contributed by atoms with Crippen LogP contribution in [0, 0.1) is 116 Å². The summed E-state index contributed by atoms with van der Waals surface area (Å²) in [5.74, 6) is -71.8. The number of hydrogen-bond donors (Lipinski definition) is 1. The van der Waals surface area contributed by atoms with Crippen molar-refractivity contribution in [3.8, 4) is 5.75 Å². The van der Waals surface area contributed by atoms with Crippen LogP contribution >= 0.6 is 7.49 Å². The molecule has 0 aliphatic heterocycles. The molecule has 74 heavy (non-hydrogen) atoms. The summed E-state index contributed by atoms with van der Waals surface area (Å²) in [6.45, 7) is 0. The van der Waals surface area contributed by atoms with E-state index in [9.17, 15) is 62.6 Å². The molecule has 1 N–H and O–H groups in total. The number of benzene rings is 8. The lowest BCUT2D eigenvalue weighted by Gasteiger charge is -2.44. The Labute approximate surface area is 401 Å². The van der Waals surface area contributed by atoms with Crippen molar-refractivity contribution in [3.63, 3.8) is 0 Å². The van der Waals surface area contributed by atoms with E-state index in [1.54, 1.807) is 18.2 Å². The first-order valence-electron chi connectivity index (χ1n) is 20.2. The molecule has 0 bridgehead atoms. The van der Waals surface area contributed by atoms with E-state index in [2.05, 4.69) is 36.4 Å². The van der Waals surface area contributed by atoms with Crippen LogP contribution in [0.15, 0.2) is 115 Å². The van der Waals surface area contributed by atoms with Gasteiger partial charge in [0, 0.05) is 0 Å². The molecule has 0 atom stereocenters. The molecule has 0 saturated carbocycles. The molecule has 0 fully saturated rings. The van der Waals surface area contributed by atoms with E-state index in [0.29, 0.717) is 5.75 Å². The Kier molecular flexibility index (Phi) is 15.0. The molecule has 8 rings (SSSR count). The van der Waals surface area contributed by atoms with Crippen LogP contribution < -0.4 is 42.3 Å². The smallest absolute Gasteiger partial charge is 0.335 e. The van der Waals surface area contributed by atoms with E-state index in [-0.39, 0.29) is 5.56 Å². The van der Waals surface area contributed by atoms with Gasteiger partial charge in [0.25, 0.3) is 7.49 Å². The van der Waals surface area contributed by atoms with Gasteiger partial charge in [-0.2, -0.15) is 0 Å². The fraction of sp³-hybridized carbons (Fsp3) is 0. The molecule has 0 aliphatic carbocycles. The number of aromatic carboxylic acids is 1. The number of rotatable bonds is 10. The van der Waals surface area contributed by atoms with Crippen LogP contribution in [0.25, 0.3) is 0 Å². The maximum Gasteiger partial charge on any atom is 0.335 e. The van der Waals surface area contributed by atoms with Crippen molar-refractivity contribution in [1.82, 2.24) is 0 Å². The van der Waals surface area contributed by atoms with Gasteiger partial charge in [0.05, 0.1) is 5.56 Å². The lowest BCUT2D eigenvalue weighted by atomic mass is 9.12. The Hall–Kier alpha value is -7.88. The first kappa shape index (κ1) is 53.9. The van der Waals surface area contributed by atoms with Gasteiger partial charge in [0.2, 0.25) is 0 Å². The SMILES string of the molecule is Fc1c(F)c(F)c([B-](c2c(F)c(F)c(F)c(F)c2F)(c2c(F)c(F)c(F)c(F)c2F)c2c(F)c(F)c(F)c(F)c2F)c(F)c1F.O=C(O)c1cccc(O[P+](c2ccccc2)(c2ccccc2)c2ccccc2)c1. The van der Waals surface area contributed by atoms with Gasteiger partial charge >= 0.3 is 5.97 Å². The summed E-state index contributed by atoms with van der Waals surface area (Å²) in [5, 5.41) is 12.6. The largest absolute Gasteiger partial charge is 0.478 e. The van der Waals surface area contributed by atoms with Crippen molar-refractivity contribution in [2.75, 3.05) is 0 Å². The number of halogens is 20. The van der Waals surface area contributed by atoms with Crippen LogP contribution in [0.5, 0.6) is 5.75 Å². The lowest BCUT2D eigenvalue weighted by molar-refractivity contribution is 0.0696. The van der Waals surface area contributed by atoms with Gasteiger partial charge < -0.3 is 9.63 Å². The lowest BCUT2D eigenvalue weighted by Crippen LogP contribution is -2.81. The summed E-state index contributed by atoms with van der Waals surface area (Å²) in [4.78, 5) is 11.5. The Morgan fingerprint density at radius 3 is 0.784 bits per heavy atom. The van der Waals surface area contributed by atoms with Crippen molar-refractivity contribution in [3.05, 3.63) is 237 Å². The quantitative estimate of drug-likeness (QED) is 0.0488. The van der Waals surface area contributed by atoms with Crippen molar-refractivity contribution in [2.24, 2.45) is 0 Å². The predicted octanol–water partition coefficient (Wildman–Crippen LogP) is 10.5. The number of hydrogen-bond acceptors (Lipinski definition) is 2. The van der Waals surface area contributed by atoms with Gasteiger partial charge in [0.1, 0.15) is 68.6 Å². The maximum atomic E-state index is 15.4. The minimum Gasteiger partial charge on any atom is -0.478 e. The molecular weight excluding hydrogens is 1060 g/mol. The van der Waals surface area contributed by atoms with Crippen molar-refractivity contribution >= 4 is 57.4 Å². The number of carboxylic acid groups (broad SMARTS) is 1. The van der Waals surface area contributed by atoms with Gasteiger partial charge in [0.15, 0.2) is 75.6 Å². The van der Waals surface area contributed by atoms with E-state index < -0.39 is 158 Å². The molecule has 3 nitrogen and oxygen atoms in total. The predicted molar refractivity (Wildman–Crippen MR) is 228 cm³/mol. The van der Waals surface area contributed by atoms with E-state index in [0.717, 1.165) is 15.9 Å². The van der Waals surface area contributed by atoms with E-state index in [1.807, 2.05) is 60.7 Å². The van der Waals surface area contributed by atoms with Crippen molar-refractivity contribution in [2.45, 2.75) is 0 Å². The summed E-state index contributed by atoms with van der Waals surface area (Å²) in [7, 11) is -2.52. The highest BCUT2D eigenvalue weighted by Crippen LogP contribution is 2.56. The first-order chi connectivity index (χ1) is 34.9. The normalized spacial score (nSPS) is 11.6. The summed E-state index contributed by atoms with van der Waals surface area (Å²) >= 11 is 0. The Morgan fingerprint density at radius 2 is 0.554 bits per heavy atom. The topological polar surface area (TPSA) is 46.5 Å². The highest BCUT2D eigenvalue weighted by atomic mass is 31.2. The van der Waals surface area contributed by atoms with Crippen LogP contribution in [0.4, 0.5) is 87.8 Å².